The maximum Gasteiger partial charge on any atom is 0.260 e. The fraction of sp³-hybridized carbons (Fsp3) is 0.500. The van der Waals surface area contributed by atoms with Gasteiger partial charge in [0.1, 0.15) is 11.6 Å². The number of aryl methyl sites for hydroxylation is 1. The summed E-state index contributed by atoms with van der Waals surface area (Å²) in [5, 5.41) is 3.82. The van der Waals surface area contributed by atoms with E-state index in [9.17, 15) is 4.79 Å². The monoisotopic (exact) mass is 332 g/mol. The SMILES string of the molecule is CCOc1ncccc1C(=O)N1C[C@@H](OC)C[C@@H]1c1nc(C)no1. The summed E-state index contributed by atoms with van der Waals surface area (Å²) in [6.07, 6.45) is 2.12. The number of pyridine rings is 1. The third kappa shape index (κ3) is 3.09. The van der Waals surface area contributed by atoms with Crippen molar-refractivity contribution in [2.75, 3.05) is 20.3 Å². The molecule has 0 spiro atoms. The van der Waals surface area contributed by atoms with Gasteiger partial charge in [0.15, 0.2) is 5.82 Å². The van der Waals surface area contributed by atoms with Crippen molar-refractivity contribution in [1.82, 2.24) is 20.0 Å². The van der Waals surface area contributed by atoms with Crippen LogP contribution in [0.2, 0.25) is 0 Å². The van der Waals surface area contributed by atoms with E-state index in [1.165, 1.54) is 0 Å². The van der Waals surface area contributed by atoms with Crippen molar-refractivity contribution in [2.24, 2.45) is 0 Å². The van der Waals surface area contributed by atoms with E-state index >= 15 is 0 Å². The minimum absolute atomic E-state index is 0.0848. The first kappa shape index (κ1) is 16.4. The molecule has 128 valence electrons. The molecule has 0 N–H and O–H groups in total. The Hall–Kier alpha value is -2.48. The van der Waals surface area contributed by atoms with Crippen LogP contribution in [0.1, 0.15) is 41.5 Å². The smallest absolute Gasteiger partial charge is 0.260 e. The van der Waals surface area contributed by atoms with E-state index in [0.29, 0.717) is 42.7 Å². The van der Waals surface area contributed by atoms with Crippen molar-refractivity contribution in [2.45, 2.75) is 32.4 Å². The number of amides is 1. The summed E-state index contributed by atoms with van der Waals surface area (Å²) >= 11 is 0. The van der Waals surface area contributed by atoms with Gasteiger partial charge in [-0.2, -0.15) is 4.98 Å². The molecule has 8 heteroatoms. The lowest BCUT2D eigenvalue weighted by atomic mass is 10.1. The number of carbonyl (C=O) groups excluding carboxylic acids is 1. The Morgan fingerprint density at radius 1 is 1.50 bits per heavy atom. The zero-order valence-electron chi connectivity index (χ0n) is 13.9. The van der Waals surface area contributed by atoms with E-state index in [-0.39, 0.29) is 18.1 Å². The van der Waals surface area contributed by atoms with Crippen LogP contribution in [0.5, 0.6) is 5.88 Å². The van der Waals surface area contributed by atoms with Crippen LogP contribution in [0.25, 0.3) is 0 Å². The Labute approximate surface area is 139 Å². The number of methoxy groups -OCH3 is 1. The van der Waals surface area contributed by atoms with E-state index in [1.54, 1.807) is 37.3 Å². The molecule has 2 aromatic heterocycles. The lowest BCUT2D eigenvalue weighted by Gasteiger charge is -2.22. The fourth-order valence-corrected chi connectivity index (χ4v) is 2.84. The van der Waals surface area contributed by atoms with Crippen LogP contribution < -0.4 is 4.74 Å². The molecule has 1 aliphatic rings. The van der Waals surface area contributed by atoms with Gasteiger partial charge in [0.2, 0.25) is 11.8 Å². The molecule has 1 fully saturated rings. The van der Waals surface area contributed by atoms with Crippen LogP contribution in [-0.2, 0) is 4.74 Å². The number of ether oxygens (including phenoxy) is 2. The van der Waals surface area contributed by atoms with Gasteiger partial charge in [-0.3, -0.25) is 4.79 Å². The number of rotatable bonds is 5. The standard InChI is InChI=1S/C16H20N4O4/c1-4-23-14-12(6-5-7-17-14)16(21)20-9-11(22-3)8-13(20)15-18-10(2)19-24-15/h5-7,11,13H,4,8-9H2,1-3H3/t11-,13+/m0/s1. The third-order valence-corrected chi connectivity index (χ3v) is 3.97. The topological polar surface area (TPSA) is 90.6 Å². The Bertz CT molecular complexity index is 718. The molecule has 0 aliphatic carbocycles. The molecule has 0 saturated carbocycles. The number of hydrogen-bond donors (Lipinski definition) is 0. The van der Waals surface area contributed by atoms with Gasteiger partial charge in [0, 0.05) is 26.3 Å². The summed E-state index contributed by atoms with van der Waals surface area (Å²) in [5.41, 5.74) is 0.414. The molecule has 3 rings (SSSR count). The van der Waals surface area contributed by atoms with Crippen molar-refractivity contribution in [1.29, 1.82) is 0 Å². The van der Waals surface area contributed by atoms with Crippen molar-refractivity contribution < 1.29 is 18.8 Å². The zero-order valence-corrected chi connectivity index (χ0v) is 13.9. The number of aromatic nitrogens is 3. The van der Waals surface area contributed by atoms with E-state index in [4.69, 9.17) is 14.0 Å². The highest BCUT2D eigenvalue weighted by Gasteiger charge is 2.40. The number of nitrogens with zero attached hydrogens (tertiary/aromatic N) is 4. The van der Waals surface area contributed by atoms with E-state index in [1.807, 2.05) is 6.92 Å². The van der Waals surface area contributed by atoms with E-state index in [0.717, 1.165) is 0 Å². The second-order valence-electron chi connectivity index (χ2n) is 5.54. The lowest BCUT2D eigenvalue weighted by Crippen LogP contribution is -2.32. The molecule has 0 unspecified atom stereocenters. The van der Waals surface area contributed by atoms with Gasteiger partial charge in [-0.05, 0) is 26.0 Å². The highest BCUT2D eigenvalue weighted by atomic mass is 16.5. The van der Waals surface area contributed by atoms with Crippen molar-refractivity contribution >= 4 is 5.91 Å². The maximum atomic E-state index is 13.1. The average molecular weight is 332 g/mol. The molecule has 1 saturated heterocycles. The molecule has 0 radical (unpaired) electrons. The molecular formula is C16H20N4O4. The summed E-state index contributed by atoms with van der Waals surface area (Å²) in [5.74, 6) is 1.09. The summed E-state index contributed by atoms with van der Waals surface area (Å²) in [7, 11) is 1.63. The first-order valence-electron chi connectivity index (χ1n) is 7.85. The van der Waals surface area contributed by atoms with Crippen LogP contribution in [-0.4, -0.2) is 52.3 Å². The molecule has 8 nitrogen and oxygen atoms in total. The second kappa shape index (κ2) is 6.96. The molecule has 1 aliphatic heterocycles. The van der Waals surface area contributed by atoms with Crippen molar-refractivity contribution in [3.05, 3.63) is 35.6 Å². The Morgan fingerprint density at radius 3 is 3.00 bits per heavy atom. The molecule has 3 heterocycles. The largest absolute Gasteiger partial charge is 0.477 e. The van der Waals surface area contributed by atoms with Crippen LogP contribution in [0.4, 0.5) is 0 Å². The van der Waals surface area contributed by atoms with Crippen LogP contribution in [0, 0.1) is 6.92 Å². The predicted molar refractivity (Wildman–Crippen MR) is 83.6 cm³/mol. The number of carbonyl (C=O) groups is 1. The van der Waals surface area contributed by atoms with Gasteiger partial charge in [-0.1, -0.05) is 5.16 Å². The number of hydrogen-bond acceptors (Lipinski definition) is 7. The predicted octanol–water partition coefficient (Wildman–Crippen LogP) is 1.77. The van der Waals surface area contributed by atoms with E-state index < -0.39 is 0 Å². The van der Waals surface area contributed by atoms with Gasteiger partial charge in [0.25, 0.3) is 5.91 Å². The molecule has 24 heavy (non-hydrogen) atoms. The lowest BCUT2D eigenvalue weighted by molar-refractivity contribution is 0.0666. The zero-order chi connectivity index (χ0) is 17.1. The van der Waals surface area contributed by atoms with Crippen LogP contribution in [0.3, 0.4) is 0 Å². The van der Waals surface area contributed by atoms with Gasteiger partial charge in [-0.25, -0.2) is 4.98 Å². The Morgan fingerprint density at radius 2 is 2.33 bits per heavy atom. The minimum atomic E-state index is -0.321. The van der Waals surface area contributed by atoms with Crippen LogP contribution >= 0.6 is 0 Å². The minimum Gasteiger partial charge on any atom is -0.477 e. The van der Waals surface area contributed by atoms with Crippen molar-refractivity contribution in [3.8, 4) is 5.88 Å². The normalized spacial score (nSPS) is 20.4. The summed E-state index contributed by atoms with van der Waals surface area (Å²) in [6.45, 7) is 4.48. The van der Waals surface area contributed by atoms with Crippen LogP contribution in [0.15, 0.2) is 22.9 Å². The first-order valence-corrected chi connectivity index (χ1v) is 7.85. The molecular weight excluding hydrogens is 312 g/mol. The Kier molecular flexibility index (Phi) is 4.75. The van der Waals surface area contributed by atoms with Gasteiger partial charge in [0.05, 0.1) is 12.7 Å². The number of likely N-dealkylation sites (tertiary alicyclic amines) is 1. The first-order chi connectivity index (χ1) is 11.6. The quantitative estimate of drug-likeness (QED) is 0.824. The molecule has 2 atom stereocenters. The summed E-state index contributed by atoms with van der Waals surface area (Å²) in [6, 6.07) is 3.10. The van der Waals surface area contributed by atoms with Gasteiger partial charge >= 0.3 is 0 Å². The Balaban J connectivity index is 1.92. The maximum absolute atomic E-state index is 13.1. The summed E-state index contributed by atoms with van der Waals surface area (Å²) in [4.78, 5) is 23.2. The second-order valence-corrected chi connectivity index (χ2v) is 5.54. The van der Waals surface area contributed by atoms with Gasteiger partial charge < -0.3 is 18.9 Å². The average Bonchev–Trinajstić information content (AvgIpc) is 3.21. The molecule has 0 aromatic carbocycles. The molecule has 0 bridgehead atoms. The van der Waals surface area contributed by atoms with E-state index in [2.05, 4.69) is 15.1 Å². The fourth-order valence-electron chi connectivity index (χ4n) is 2.84. The summed E-state index contributed by atoms with van der Waals surface area (Å²) < 4.78 is 16.2. The van der Waals surface area contributed by atoms with Crippen molar-refractivity contribution in [3.63, 3.8) is 0 Å². The third-order valence-electron chi connectivity index (χ3n) is 3.97. The molecule has 2 aromatic rings. The van der Waals surface area contributed by atoms with Gasteiger partial charge in [-0.15, -0.1) is 0 Å². The highest BCUT2D eigenvalue weighted by molar-refractivity contribution is 5.96. The highest BCUT2D eigenvalue weighted by Crippen LogP contribution is 2.34. The molecule has 1 amide bonds.